The number of hydrogen-bond acceptors (Lipinski definition) is 4. The summed E-state index contributed by atoms with van der Waals surface area (Å²) >= 11 is 0. The van der Waals surface area contributed by atoms with Gasteiger partial charge in [0, 0.05) is 11.1 Å². The molecule has 0 bridgehead atoms. The topological polar surface area (TPSA) is 90.6 Å². The van der Waals surface area contributed by atoms with Gasteiger partial charge in [-0.3, -0.25) is 9.59 Å². The lowest BCUT2D eigenvalue weighted by Gasteiger charge is -2.09. The maximum Gasteiger partial charge on any atom is 0.248 e. The molecule has 0 radical (unpaired) electrons. The van der Waals surface area contributed by atoms with Gasteiger partial charge in [0.1, 0.15) is 0 Å². The molecule has 0 heterocycles. The Bertz CT molecular complexity index is 848. The number of nitrogens with two attached hydrogens (primary N) is 1. The van der Waals surface area contributed by atoms with E-state index in [0.717, 1.165) is 11.1 Å². The van der Waals surface area contributed by atoms with E-state index in [9.17, 15) is 9.59 Å². The molecule has 0 fully saturated rings. The van der Waals surface area contributed by atoms with Gasteiger partial charge in [0.2, 0.25) is 11.8 Å². The first-order chi connectivity index (χ1) is 12.5. The molecule has 2 amide bonds. The van der Waals surface area contributed by atoms with Gasteiger partial charge in [0.15, 0.2) is 11.5 Å². The Balaban J connectivity index is 1.87. The van der Waals surface area contributed by atoms with Gasteiger partial charge in [-0.2, -0.15) is 0 Å². The van der Waals surface area contributed by atoms with Crippen molar-refractivity contribution in [3.8, 4) is 23.3 Å². The number of primary amides is 1. The molecule has 0 aliphatic heterocycles. The highest BCUT2D eigenvalue weighted by Crippen LogP contribution is 2.27. The van der Waals surface area contributed by atoms with Crippen molar-refractivity contribution in [2.24, 2.45) is 5.73 Å². The van der Waals surface area contributed by atoms with Crippen LogP contribution in [0.2, 0.25) is 0 Å². The van der Waals surface area contributed by atoms with Crippen LogP contribution in [-0.2, 0) is 11.2 Å². The van der Waals surface area contributed by atoms with Gasteiger partial charge in [-0.05, 0) is 42.0 Å². The van der Waals surface area contributed by atoms with E-state index in [2.05, 4.69) is 17.2 Å². The molecule has 0 atom stereocenters. The molecule has 0 spiro atoms. The highest BCUT2D eigenvalue weighted by atomic mass is 16.5. The van der Waals surface area contributed by atoms with E-state index in [-0.39, 0.29) is 18.9 Å². The molecule has 6 heteroatoms. The van der Waals surface area contributed by atoms with Crippen LogP contribution >= 0.6 is 0 Å². The zero-order valence-electron chi connectivity index (χ0n) is 14.7. The Labute approximate surface area is 152 Å². The zero-order valence-corrected chi connectivity index (χ0v) is 14.7. The molecular formula is C20H20N2O4. The fraction of sp³-hybridized carbons (Fsp3) is 0.200. The van der Waals surface area contributed by atoms with Crippen molar-refractivity contribution in [2.45, 2.75) is 6.42 Å². The summed E-state index contributed by atoms with van der Waals surface area (Å²) in [6.45, 7) is 0.226. The molecule has 2 aromatic carbocycles. The normalized spacial score (nSPS) is 9.62. The van der Waals surface area contributed by atoms with Crippen LogP contribution in [0.1, 0.15) is 21.5 Å². The first-order valence-corrected chi connectivity index (χ1v) is 7.90. The predicted molar refractivity (Wildman–Crippen MR) is 98.1 cm³/mol. The standard InChI is InChI=1S/C20H20N2O4/c1-25-17-10-7-15(12-18(17)26-2)13-19(23)22-11-3-4-14-5-8-16(9-6-14)20(21)24/h5-10,12H,11,13H2,1-2H3,(H2,21,24)(H,22,23). The second kappa shape index (κ2) is 9.14. The minimum atomic E-state index is -0.480. The molecule has 2 rings (SSSR count). The van der Waals surface area contributed by atoms with E-state index in [1.807, 2.05) is 6.07 Å². The van der Waals surface area contributed by atoms with Crippen molar-refractivity contribution in [1.82, 2.24) is 5.32 Å². The summed E-state index contributed by atoms with van der Waals surface area (Å²) in [7, 11) is 3.11. The highest BCUT2D eigenvalue weighted by Gasteiger charge is 2.07. The molecule has 0 saturated heterocycles. The molecule has 26 heavy (non-hydrogen) atoms. The van der Waals surface area contributed by atoms with Gasteiger partial charge in [-0.1, -0.05) is 17.9 Å². The van der Waals surface area contributed by atoms with Crippen LogP contribution in [0.15, 0.2) is 42.5 Å². The second-order valence-electron chi connectivity index (χ2n) is 5.39. The van der Waals surface area contributed by atoms with E-state index in [1.54, 1.807) is 50.6 Å². The molecule has 6 nitrogen and oxygen atoms in total. The number of methoxy groups -OCH3 is 2. The Morgan fingerprint density at radius 2 is 1.73 bits per heavy atom. The van der Waals surface area contributed by atoms with Gasteiger partial charge in [-0.25, -0.2) is 0 Å². The molecule has 0 aliphatic rings. The minimum absolute atomic E-state index is 0.143. The first-order valence-electron chi connectivity index (χ1n) is 7.90. The van der Waals surface area contributed by atoms with E-state index in [4.69, 9.17) is 15.2 Å². The van der Waals surface area contributed by atoms with Crippen LogP contribution in [0.4, 0.5) is 0 Å². The number of nitrogens with one attached hydrogen (secondary N) is 1. The number of carbonyl (C=O) groups excluding carboxylic acids is 2. The van der Waals surface area contributed by atoms with Crippen molar-refractivity contribution in [3.05, 3.63) is 59.2 Å². The molecular weight excluding hydrogens is 332 g/mol. The number of benzene rings is 2. The number of carbonyl (C=O) groups is 2. The predicted octanol–water partition coefficient (Wildman–Crippen LogP) is 1.51. The van der Waals surface area contributed by atoms with E-state index in [1.165, 1.54) is 0 Å². The molecule has 2 aromatic rings. The lowest BCUT2D eigenvalue weighted by atomic mass is 10.1. The van der Waals surface area contributed by atoms with Crippen LogP contribution < -0.4 is 20.5 Å². The Hall–Kier alpha value is -3.46. The SMILES string of the molecule is COc1ccc(CC(=O)NCC#Cc2ccc(C(N)=O)cc2)cc1OC. The van der Waals surface area contributed by atoms with Crippen molar-refractivity contribution >= 4 is 11.8 Å². The summed E-state index contributed by atoms with van der Waals surface area (Å²) in [5.41, 5.74) is 7.16. The van der Waals surface area contributed by atoms with Crippen molar-refractivity contribution in [3.63, 3.8) is 0 Å². The van der Waals surface area contributed by atoms with Gasteiger partial charge in [-0.15, -0.1) is 0 Å². The van der Waals surface area contributed by atoms with Crippen molar-refractivity contribution < 1.29 is 19.1 Å². The van der Waals surface area contributed by atoms with E-state index in [0.29, 0.717) is 17.1 Å². The summed E-state index contributed by atoms with van der Waals surface area (Å²) in [4.78, 5) is 23.0. The number of rotatable bonds is 6. The van der Waals surface area contributed by atoms with Crippen molar-refractivity contribution in [1.29, 1.82) is 0 Å². The lowest BCUT2D eigenvalue weighted by molar-refractivity contribution is -0.120. The molecule has 0 aromatic heterocycles. The molecule has 0 aliphatic carbocycles. The average molecular weight is 352 g/mol. The summed E-state index contributed by atoms with van der Waals surface area (Å²) in [5.74, 6) is 6.35. The van der Waals surface area contributed by atoms with Crippen LogP contribution in [-0.4, -0.2) is 32.6 Å². The Kier molecular flexibility index (Phi) is 6.63. The summed E-state index contributed by atoms with van der Waals surface area (Å²) < 4.78 is 10.4. The average Bonchev–Trinajstić information content (AvgIpc) is 2.65. The second-order valence-corrected chi connectivity index (χ2v) is 5.39. The molecule has 134 valence electrons. The quantitative estimate of drug-likeness (QED) is 0.771. The van der Waals surface area contributed by atoms with Crippen LogP contribution in [0.5, 0.6) is 11.5 Å². The highest BCUT2D eigenvalue weighted by molar-refractivity contribution is 5.92. The van der Waals surface area contributed by atoms with Gasteiger partial charge in [0.25, 0.3) is 0 Å². The largest absolute Gasteiger partial charge is 0.493 e. The van der Waals surface area contributed by atoms with Crippen LogP contribution in [0, 0.1) is 11.8 Å². The van der Waals surface area contributed by atoms with Crippen molar-refractivity contribution in [2.75, 3.05) is 20.8 Å². The molecule has 0 unspecified atom stereocenters. The van der Waals surface area contributed by atoms with E-state index >= 15 is 0 Å². The number of amides is 2. The smallest absolute Gasteiger partial charge is 0.248 e. The van der Waals surface area contributed by atoms with Crippen LogP contribution in [0.25, 0.3) is 0 Å². The molecule has 3 N–H and O–H groups in total. The zero-order chi connectivity index (χ0) is 18.9. The lowest BCUT2D eigenvalue weighted by Crippen LogP contribution is -2.25. The third-order valence-electron chi connectivity index (χ3n) is 3.59. The third kappa shape index (κ3) is 5.28. The number of ether oxygens (including phenoxy) is 2. The molecule has 0 saturated carbocycles. The minimum Gasteiger partial charge on any atom is -0.493 e. The fourth-order valence-corrected chi connectivity index (χ4v) is 2.25. The fourth-order valence-electron chi connectivity index (χ4n) is 2.25. The number of hydrogen-bond donors (Lipinski definition) is 2. The summed E-state index contributed by atoms with van der Waals surface area (Å²) in [6, 6.07) is 12.0. The maximum atomic E-state index is 12.0. The summed E-state index contributed by atoms with van der Waals surface area (Å²) in [6.07, 6.45) is 0.218. The first kappa shape index (κ1) is 18.9. The summed E-state index contributed by atoms with van der Waals surface area (Å²) in [5, 5.41) is 2.74. The maximum absolute atomic E-state index is 12.0. The monoisotopic (exact) mass is 352 g/mol. The van der Waals surface area contributed by atoms with E-state index < -0.39 is 5.91 Å². The van der Waals surface area contributed by atoms with Gasteiger partial charge < -0.3 is 20.5 Å². The van der Waals surface area contributed by atoms with Gasteiger partial charge in [0.05, 0.1) is 27.2 Å². The Morgan fingerprint density at radius 1 is 1.04 bits per heavy atom. The van der Waals surface area contributed by atoms with Gasteiger partial charge >= 0.3 is 0 Å². The Morgan fingerprint density at radius 3 is 2.35 bits per heavy atom. The van der Waals surface area contributed by atoms with Crippen LogP contribution in [0.3, 0.4) is 0 Å². The third-order valence-corrected chi connectivity index (χ3v) is 3.59.